The molecule has 0 unspecified atom stereocenters. The molecule has 0 spiro atoms. The summed E-state index contributed by atoms with van der Waals surface area (Å²) >= 11 is 0. The summed E-state index contributed by atoms with van der Waals surface area (Å²) in [5.41, 5.74) is 4.84. The molecule has 0 amide bonds. The van der Waals surface area contributed by atoms with E-state index in [9.17, 15) is 9.90 Å². The number of aromatic nitrogens is 3. The lowest BCUT2D eigenvalue weighted by molar-refractivity contribution is 0.0697. The molecule has 0 aliphatic heterocycles. The van der Waals surface area contributed by atoms with Crippen molar-refractivity contribution in [3.63, 3.8) is 0 Å². The third-order valence-corrected chi connectivity index (χ3v) is 4.42. The Morgan fingerprint density at radius 1 is 1.17 bits per heavy atom. The fourth-order valence-electron chi connectivity index (χ4n) is 2.98. The molecule has 5 nitrogen and oxygen atoms in total. The van der Waals surface area contributed by atoms with E-state index in [1.54, 1.807) is 12.4 Å². The van der Waals surface area contributed by atoms with Gasteiger partial charge in [-0.2, -0.15) is 0 Å². The predicted octanol–water partition coefficient (Wildman–Crippen LogP) is 3.72. The number of rotatable bonds is 4. The number of benzene rings is 1. The highest BCUT2D eigenvalue weighted by atomic mass is 16.4. The number of carbonyl (C=O) groups is 1. The number of hydrogen-bond donors (Lipinski definition) is 1. The molecular formula is C19H17N3O2. The first-order valence-electron chi connectivity index (χ1n) is 7.95. The SMILES string of the molecule is Cn1cnc(-c2cc(C(=O)O)ccn2)c1-c1ccc(C2CC2)cc1. The summed E-state index contributed by atoms with van der Waals surface area (Å²) in [6.07, 6.45) is 5.80. The van der Waals surface area contributed by atoms with Gasteiger partial charge in [-0.25, -0.2) is 9.78 Å². The number of nitrogens with zero attached hydrogens (tertiary/aromatic N) is 3. The van der Waals surface area contributed by atoms with Crippen molar-refractivity contribution in [3.8, 4) is 22.6 Å². The van der Waals surface area contributed by atoms with Gasteiger partial charge >= 0.3 is 5.97 Å². The van der Waals surface area contributed by atoms with Crippen molar-refractivity contribution in [1.82, 2.24) is 14.5 Å². The van der Waals surface area contributed by atoms with Crippen LogP contribution >= 0.6 is 0 Å². The third-order valence-electron chi connectivity index (χ3n) is 4.42. The van der Waals surface area contributed by atoms with E-state index in [1.807, 2.05) is 11.6 Å². The van der Waals surface area contributed by atoms with Gasteiger partial charge in [-0.3, -0.25) is 4.98 Å². The Morgan fingerprint density at radius 3 is 2.58 bits per heavy atom. The van der Waals surface area contributed by atoms with Crippen LogP contribution in [0.2, 0.25) is 0 Å². The lowest BCUT2D eigenvalue weighted by atomic mass is 10.0. The maximum atomic E-state index is 11.2. The van der Waals surface area contributed by atoms with Gasteiger partial charge in [0.05, 0.1) is 23.3 Å². The fourth-order valence-corrected chi connectivity index (χ4v) is 2.98. The third kappa shape index (κ3) is 2.58. The first kappa shape index (κ1) is 14.6. The largest absolute Gasteiger partial charge is 0.478 e. The molecule has 1 saturated carbocycles. The molecule has 2 heterocycles. The molecular weight excluding hydrogens is 302 g/mol. The maximum absolute atomic E-state index is 11.2. The van der Waals surface area contributed by atoms with Crippen LogP contribution in [-0.2, 0) is 7.05 Å². The number of pyridine rings is 1. The molecule has 120 valence electrons. The molecule has 1 fully saturated rings. The highest BCUT2D eigenvalue weighted by molar-refractivity contribution is 5.89. The maximum Gasteiger partial charge on any atom is 0.335 e. The van der Waals surface area contributed by atoms with Crippen LogP contribution in [0.4, 0.5) is 0 Å². The van der Waals surface area contributed by atoms with Gasteiger partial charge in [0.2, 0.25) is 0 Å². The van der Waals surface area contributed by atoms with E-state index in [4.69, 9.17) is 0 Å². The average molecular weight is 319 g/mol. The fraction of sp³-hybridized carbons (Fsp3) is 0.211. The second-order valence-corrected chi connectivity index (χ2v) is 6.18. The van der Waals surface area contributed by atoms with Gasteiger partial charge in [0.15, 0.2) is 0 Å². The van der Waals surface area contributed by atoms with E-state index in [-0.39, 0.29) is 5.56 Å². The summed E-state index contributed by atoms with van der Waals surface area (Å²) in [4.78, 5) is 19.9. The number of aromatic carboxylic acids is 1. The molecule has 0 atom stereocenters. The number of carboxylic acids is 1. The van der Waals surface area contributed by atoms with E-state index in [0.717, 1.165) is 17.2 Å². The monoisotopic (exact) mass is 319 g/mol. The Kier molecular flexibility index (Phi) is 3.41. The summed E-state index contributed by atoms with van der Waals surface area (Å²) < 4.78 is 1.94. The smallest absolute Gasteiger partial charge is 0.335 e. The minimum absolute atomic E-state index is 0.209. The van der Waals surface area contributed by atoms with Gasteiger partial charge in [0.25, 0.3) is 0 Å². The zero-order valence-corrected chi connectivity index (χ0v) is 13.3. The lowest BCUT2D eigenvalue weighted by Gasteiger charge is -2.08. The van der Waals surface area contributed by atoms with Crippen molar-refractivity contribution in [2.45, 2.75) is 18.8 Å². The average Bonchev–Trinajstić information content (AvgIpc) is 3.38. The van der Waals surface area contributed by atoms with E-state index >= 15 is 0 Å². The minimum atomic E-state index is -0.968. The van der Waals surface area contributed by atoms with Crippen LogP contribution in [-0.4, -0.2) is 25.6 Å². The standard InChI is InChI=1S/C19H17N3O2/c1-22-11-21-17(16-10-15(19(23)24)8-9-20-16)18(22)14-6-4-13(5-7-14)12-2-3-12/h4-12H,2-3H2,1H3,(H,23,24). The molecule has 1 N–H and O–H groups in total. The summed E-state index contributed by atoms with van der Waals surface area (Å²) in [5, 5.41) is 9.18. The van der Waals surface area contributed by atoms with Crippen molar-refractivity contribution in [2.75, 3.05) is 0 Å². The van der Waals surface area contributed by atoms with Gasteiger partial charge in [0, 0.05) is 18.8 Å². The Morgan fingerprint density at radius 2 is 1.92 bits per heavy atom. The highest BCUT2D eigenvalue weighted by Crippen LogP contribution is 2.40. The molecule has 5 heteroatoms. The first-order chi connectivity index (χ1) is 11.6. The molecule has 1 aliphatic rings. The zero-order valence-electron chi connectivity index (χ0n) is 13.3. The van der Waals surface area contributed by atoms with Crippen LogP contribution < -0.4 is 0 Å². The predicted molar refractivity (Wildman–Crippen MR) is 90.8 cm³/mol. The number of hydrogen-bond acceptors (Lipinski definition) is 3. The van der Waals surface area contributed by atoms with Crippen molar-refractivity contribution < 1.29 is 9.90 Å². The summed E-state index contributed by atoms with van der Waals surface area (Å²) in [6, 6.07) is 11.6. The Hall–Kier alpha value is -2.95. The minimum Gasteiger partial charge on any atom is -0.478 e. The van der Waals surface area contributed by atoms with E-state index in [1.165, 1.54) is 30.7 Å². The number of imidazole rings is 1. The summed E-state index contributed by atoms with van der Waals surface area (Å²) in [5.74, 6) is -0.246. The molecule has 0 radical (unpaired) electrons. The Balaban J connectivity index is 1.78. The summed E-state index contributed by atoms with van der Waals surface area (Å²) in [6.45, 7) is 0. The number of aryl methyl sites for hydroxylation is 1. The summed E-state index contributed by atoms with van der Waals surface area (Å²) in [7, 11) is 1.93. The molecule has 2 aromatic heterocycles. The van der Waals surface area contributed by atoms with E-state index in [2.05, 4.69) is 34.2 Å². The van der Waals surface area contributed by atoms with Crippen LogP contribution in [0.15, 0.2) is 48.9 Å². The van der Waals surface area contributed by atoms with Gasteiger partial charge in [-0.05, 0) is 36.5 Å². The molecule has 4 rings (SSSR count). The molecule has 3 aromatic rings. The Labute approximate surface area is 139 Å². The Bertz CT molecular complexity index is 909. The van der Waals surface area contributed by atoms with Crippen LogP contribution in [0.3, 0.4) is 0 Å². The van der Waals surface area contributed by atoms with Crippen molar-refractivity contribution >= 4 is 5.97 Å². The van der Waals surface area contributed by atoms with Gasteiger partial charge < -0.3 is 9.67 Å². The van der Waals surface area contributed by atoms with Crippen molar-refractivity contribution in [3.05, 3.63) is 60.0 Å². The molecule has 1 aromatic carbocycles. The zero-order chi connectivity index (χ0) is 16.7. The molecule has 1 aliphatic carbocycles. The number of carboxylic acid groups (broad SMARTS) is 1. The van der Waals surface area contributed by atoms with E-state index in [0.29, 0.717) is 11.4 Å². The van der Waals surface area contributed by atoms with Crippen LogP contribution in [0, 0.1) is 0 Å². The first-order valence-corrected chi connectivity index (χ1v) is 7.95. The van der Waals surface area contributed by atoms with Crippen LogP contribution in [0.5, 0.6) is 0 Å². The second-order valence-electron chi connectivity index (χ2n) is 6.18. The molecule has 0 saturated heterocycles. The quantitative estimate of drug-likeness (QED) is 0.795. The molecule has 24 heavy (non-hydrogen) atoms. The van der Waals surface area contributed by atoms with Crippen LogP contribution in [0.1, 0.15) is 34.7 Å². The second kappa shape index (κ2) is 5.60. The van der Waals surface area contributed by atoms with Crippen molar-refractivity contribution in [1.29, 1.82) is 0 Å². The van der Waals surface area contributed by atoms with E-state index < -0.39 is 5.97 Å². The highest BCUT2D eigenvalue weighted by Gasteiger charge is 2.23. The van der Waals surface area contributed by atoms with Gasteiger partial charge in [-0.15, -0.1) is 0 Å². The van der Waals surface area contributed by atoms with Crippen molar-refractivity contribution in [2.24, 2.45) is 7.05 Å². The normalized spacial score (nSPS) is 13.9. The lowest BCUT2D eigenvalue weighted by Crippen LogP contribution is -1.98. The topological polar surface area (TPSA) is 68.0 Å². The molecule has 0 bridgehead atoms. The van der Waals surface area contributed by atoms with Crippen LogP contribution in [0.25, 0.3) is 22.6 Å². The van der Waals surface area contributed by atoms with Gasteiger partial charge in [-0.1, -0.05) is 24.3 Å². The van der Waals surface area contributed by atoms with Gasteiger partial charge in [0.1, 0.15) is 5.69 Å².